The van der Waals surface area contributed by atoms with Gasteiger partial charge in [0.05, 0.1) is 23.4 Å². The molecule has 1 aromatic rings. The zero-order valence-electron chi connectivity index (χ0n) is 22.8. The fourth-order valence-electron chi connectivity index (χ4n) is 6.67. The Hall–Kier alpha value is -1.95. The highest BCUT2D eigenvalue weighted by atomic mass is 35.5. The van der Waals surface area contributed by atoms with Gasteiger partial charge in [0.25, 0.3) is 0 Å². The first-order valence-electron chi connectivity index (χ1n) is 14.3. The van der Waals surface area contributed by atoms with Crippen molar-refractivity contribution in [3.8, 4) is 0 Å². The van der Waals surface area contributed by atoms with Crippen LogP contribution in [0.3, 0.4) is 0 Å². The van der Waals surface area contributed by atoms with E-state index >= 15 is 0 Å². The molecular formula is C28H38ClN3O6S2. The molecule has 40 heavy (non-hydrogen) atoms. The van der Waals surface area contributed by atoms with E-state index in [-0.39, 0.29) is 36.3 Å². The number of nitrogens with one attached hydrogen (secondary N) is 1. The van der Waals surface area contributed by atoms with Crippen LogP contribution < -0.4 is 4.72 Å². The van der Waals surface area contributed by atoms with E-state index in [2.05, 4.69) is 4.72 Å². The Kier molecular flexibility index (Phi) is 9.24. The van der Waals surface area contributed by atoms with Crippen LogP contribution in [0.5, 0.6) is 0 Å². The summed E-state index contributed by atoms with van der Waals surface area (Å²) in [6, 6.07) is 2.71. The maximum absolute atomic E-state index is 13.5. The SMILES string of the molecule is CCOC(=O)C1CCC(CC2C3CC3CN2C(=O)CN2CCC[C@H](NS(=O)(=O)/C=C/c3ccc(Cl)s3)C2=O)CC1. The van der Waals surface area contributed by atoms with Gasteiger partial charge in [-0.05, 0) is 94.3 Å². The molecule has 9 nitrogen and oxygen atoms in total. The first kappa shape index (κ1) is 29.5. The topological polar surface area (TPSA) is 113 Å². The van der Waals surface area contributed by atoms with Crippen LogP contribution in [0, 0.1) is 23.7 Å². The summed E-state index contributed by atoms with van der Waals surface area (Å²) in [5.74, 6) is 1.07. The van der Waals surface area contributed by atoms with Crippen LogP contribution in [-0.4, -0.2) is 74.3 Å². The number of carbonyl (C=O) groups excluding carboxylic acids is 3. The third-order valence-corrected chi connectivity index (χ3v) is 11.1. The number of fused-ring (bicyclic) bond motifs is 1. The van der Waals surface area contributed by atoms with Crippen LogP contribution in [-0.2, 0) is 29.1 Å². The smallest absolute Gasteiger partial charge is 0.308 e. The minimum absolute atomic E-state index is 0.00801. The molecule has 0 radical (unpaired) electrons. The van der Waals surface area contributed by atoms with E-state index in [1.54, 1.807) is 12.1 Å². The molecule has 4 fully saturated rings. The van der Waals surface area contributed by atoms with Crippen LogP contribution >= 0.6 is 22.9 Å². The lowest BCUT2D eigenvalue weighted by Gasteiger charge is -2.36. The summed E-state index contributed by atoms with van der Waals surface area (Å²) >= 11 is 7.17. The Bertz CT molecular complexity index is 1240. The van der Waals surface area contributed by atoms with Gasteiger partial charge in [-0.3, -0.25) is 14.4 Å². The van der Waals surface area contributed by atoms with Gasteiger partial charge >= 0.3 is 5.97 Å². The zero-order chi connectivity index (χ0) is 28.4. The summed E-state index contributed by atoms with van der Waals surface area (Å²) in [6.07, 6.45) is 8.20. The third-order valence-electron chi connectivity index (χ3n) is 8.83. The number of nitrogens with zero attached hydrogens (tertiary/aromatic N) is 2. The van der Waals surface area contributed by atoms with Crippen molar-refractivity contribution in [3.63, 3.8) is 0 Å². The lowest BCUT2D eigenvalue weighted by molar-refractivity contribution is -0.149. The number of likely N-dealkylation sites (tertiary alicyclic amines) is 2. The monoisotopic (exact) mass is 611 g/mol. The maximum atomic E-state index is 13.5. The van der Waals surface area contributed by atoms with Crippen LogP contribution in [0.4, 0.5) is 0 Å². The fourth-order valence-corrected chi connectivity index (χ4v) is 8.74. The van der Waals surface area contributed by atoms with Crippen molar-refractivity contribution < 1.29 is 27.5 Å². The van der Waals surface area contributed by atoms with Crippen LogP contribution in [0.2, 0.25) is 4.34 Å². The van der Waals surface area contributed by atoms with Crippen molar-refractivity contribution in [3.05, 3.63) is 26.8 Å². The average Bonchev–Trinajstić information content (AvgIpc) is 3.42. The number of halogens is 1. The summed E-state index contributed by atoms with van der Waals surface area (Å²) in [5.41, 5.74) is 0. The number of amides is 2. The summed E-state index contributed by atoms with van der Waals surface area (Å²) in [5, 5.41) is 1.05. The summed E-state index contributed by atoms with van der Waals surface area (Å²) in [6.45, 7) is 3.40. The molecule has 0 bridgehead atoms. The number of hydrogen-bond acceptors (Lipinski definition) is 7. The molecule has 3 unspecified atom stereocenters. The van der Waals surface area contributed by atoms with E-state index in [1.165, 1.54) is 22.3 Å². The highest BCUT2D eigenvalue weighted by molar-refractivity contribution is 7.92. The average molecular weight is 612 g/mol. The van der Waals surface area contributed by atoms with E-state index in [0.29, 0.717) is 53.0 Å². The highest BCUT2D eigenvalue weighted by Crippen LogP contribution is 2.52. The number of rotatable bonds is 10. The van der Waals surface area contributed by atoms with Gasteiger partial charge in [0.2, 0.25) is 21.8 Å². The van der Waals surface area contributed by atoms with Gasteiger partial charge in [-0.2, -0.15) is 4.72 Å². The Morgan fingerprint density at radius 2 is 1.98 bits per heavy atom. The number of carbonyl (C=O) groups is 3. The summed E-state index contributed by atoms with van der Waals surface area (Å²) in [7, 11) is -3.85. The van der Waals surface area contributed by atoms with Crippen LogP contribution in [0.25, 0.3) is 6.08 Å². The highest BCUT2D eigenvalue weighted by Gasteiger charge is 2.54. The van der Waals surface area contributed by atoms with Gasteiger partial charge in [-0.25, -0.2) is 8.42 Å². The lowest BCUT2D eigenvalue weighted by Crippen LogP contribution is -2.55. The molecule has 0 aromatic carbocycles. The van der Waals surface area contributed by atoms with Gasteiger partial charge < -0.3 is 14.5 Å². The Balaban J connectivity index is 1.14. The number of esters is 1. The molecule has 4 aliphatic rings. The molecule has 2 saturated heterocycles. The fraction of sp³-hybridized carbons (Fsp3) is 0.679. The summed E-state index contributed by atoms with van der Waals surface area (Å²) < 4.78 is 33.5. The van der Waals surface area contributed by atoms with Crippen molar-refractivity contribution in [2.75, 3.05) is 26.2 Å². The molecule has 1 N–H and O–H groups in total. The molecule has 220 valence electrons. The molecule has 2 aliphatic heterocycles. The van der Waals surface area contributed by atoms with Crippen molar-refractivity contribution in [2.45, 2.75) is 70.4 Å². The molecule has 12 heteroatoms. The second kappa shape index (κ2) is 12.5. The molecule has 5 rings (SSSR count). The Morgan fingerprint density at radius 1 is 1.20 bits per heavy atom. The quantitative estimate of drug-likeness (QED) is 0.402. The molecule has 3 heterocycles. The number of hydrogen-bond donors (Lipinski definition) is 1. The van der Waals surface area contributed by atoms with E-state index in [4.69, 9.17) is 16.3 Å². The molecule has 2 saturated carbocycles. The second-order valence-corrected chi connectivity index (χ2v) is 14.9. The molecule has 0 spiro atoms. The summed E-state index contributed by atoms with van der Waals surface area (Å²) in [4.78, 5) is 42.9. The van der Waals surface area contributed by atoms with Gasteiger partial charge in [-0.15, -0.1) is 11.3 Å². The van der Waals surface area contributed by atoms with Crippen LogP contribution in [0.15, 0.2) is 17.5 Å². The van der Waals surface area contributed by atoms with Crippen molar-refractivity contribution in [2.24, 2.45) is 23.7 Å². The minimum Gasteiger partial charge on any atom is -0.466 e. The van der Waals surface area contributed by atoms with Gasteiger partial charge in [0, 0.05) is 29.4 Å². The van der Waals surface area contributed by atoms with E-state index in [1.807, 2.05) is 11.8 Å². The second-order valence-electron chi connectivity index (χ2n) is 11.5. The minimum atomic E-state index is -3.85. The van der Waals surface area contributed by atoms with Gasteiger partial charge in [0.1, 0.15) is 6.04 Å². The van der Waals surface area contributed by atoms with Crippen molar-refractivity contribution in [1.82, 2.24) is 14.5 Å². The predicted octanol–water partition coefficient (Wildman–Crippen LogP) is 3.89. The third kappa shape index (κ3) is 7.09. The number of piperidine rings is 2. The van der Waals surface area contributed by atoms with Crippen molar-refractivity contribution >= 4 is 56.8 Å². The Morgan fingerprint density at radius 3 is 2.67 bits per heavy atom. The van der Waals surface area contributed by atoms with E-state index in [0.717, 1.165) is 50.5 Å². The van der Waals surface area contributed by atoms with Gasteiger partial charge in [0.15, 0.2) is 0 Å². The zero-order valence-corrected chi connectivity index (χ0v) is 25.2. The molecule has 2 aliphatic carbocycles. The molecular weight excluding hydrogens is 574 g/mol. The molecule has 2 amide bonds. The van der Waals surface area contributed by atoms with Crippen molar-refractivity contribution in [1.29, 1.82) is 0 Å². The molecule has 1 aromatic heterocycles. The molecule has 4 atom stereocenters. The predicted molar refractivity (Wildman–Crippen MR) is 154 cm³/mol. The van der Waals surface area contributed by atoms with Crippen LogP contribution in [0.1, 0.15) is 63.2 Å². The van der Waals surface area contributed by atoms with Gasteiger partial charge in [-0.1, -0.05) is 11.6 Å². The Labute approximate surface area is 245 Å². The van der Waals surface area contributed by atoms with E-state index < -0.39 is 16.1 Å². The standard InChI is InChI=1S/C28H38ClN3O6S2/c1-2-38-28(35)19-7-5-18(6-8-19)14-24-22-15-20(22)16-32(24)26(33)17-31-12-3-4-23(27(31)34)30-40(36,37)13-11-21-9-10-25(29)39-21/h9-11,13,18-20,22-24,30H,2-8,12,14-17H2,1H3/b13-11+/t18?,19?,20?,22?,23-,24?/m0/s1. The lowest BCUT2D eigenvalue weighted by atomic mass is 9.78. The number of ether oxygens (including phenoxy) is 1. The maximum Gasteiger partial charge on any atom is 0.308 e. The first-order chi connectivity index (χ1) is 19.1. The number of sulfonamides is 1. The normalized spacial score (nSPS) is 30.5. The van der Waals surface area contributed by atoms with E-state index in [9.17, 15) is 22.8 Å². The number of thiophene rings is 1. The largest absolute Gasteiger partial charge is 0.466 e. The first-order valence-corrected chi connectivity index (χ1v) is 17.1.